The summed E-state index contributed by atoms with van der Waals surface area (Å²) in [4.78, 5) is 9.54. The van der Waals surface area contributed by atoms with Crippen LogP contribution >= 0.6 is 0 Å². The molecule has 4 aromatic rings. The molecule has 0 atom stereocenters. The van der Waals surface area contributed by atoms with Crippen molar-refractivity contribution in [2.75, 3.05) is 6.54 Å². The standard InChI is InChI=1S/C21H23N7O2S/c1-13-20(14(2)27(4)25-13)31(29,30)28-6-5-19-17(12-28)8-15-7-16(9-22-21(15)24-19)18-10-23-26(3)11-18/h7-11H,5-6,12H2,1-4H3. The Hall–Kier alpha value is -3.11. The first-order chi connectivity index (χ1) is 14.7. The van der Waals surface area contributed by atoms with Crippen molar-refractivity contribution in [2.45, 2.75) is 31.7 Å². The summed E-state index contributed by atoms with van der Waals surface area (Å²) in [6.07, 6.45) is 6.07. The van der Waals surface area contributed by atoms with E-state index in [0.29, 0.717) is 34.9 Å². The zero-order valence-corrected chi connectivity index (χ0v) is 18.7. The highest BCUT2D eigenvalue weighted by Crippen LogP contribution is 2.30. The predicted molar refractivity (Wildman–Crippen MR) is 116 cm³/mol. The largest absolute Gasteiger partial charge is 0.275 e. The van der Waals surface area contributed by atoms with Crippen LogP contribution in [-0.2, 0) is 37.1 Å². The molecule has 9 nitrogen and oxygen atoms in total. The van der Waals surface area contributed by atoms with Crippen LogP contribution in [0.4, 0.5) is 0 Å². The van der Waals surface area contributed by atoms with Gasteiger partial charge in [0.05, 0.1) is 17.6 Å². The summed E-state index contributed by atoms with van der Waals surface area (Å²) in [7, 11) is -0.0200. The number of hydrogen-bond donors (Lipinski definition) is 0. The fourth-order valence-corrected chi connectivity index (χ4v) is 6.01. The summed E-state index contributed by atoms with van der Waals surface area (Å²) in [6, 6.07) is 4.03. The van der Waals surface area contributed by atoms with Gasteiger partial charge in [0.25, 0.3) is 0 Å². The molecule has 160 valence electrons. The van der Waals surface area contributed by atoms with E-state index in [0.717, 1.165) is 27.8 Å². The van der Waals surface area contributed by atoms with Gasteiger partial charge in [-0.05, 0) is 31.5 Å². The lowest BCUT2D eigenvalue weighted by atomic mass is 10.0. The second kappa shape index (κ2) is 6.96. The van der Waals surface area contributed by atoms with E-state index in [-0.39, 0.29) is 6.54 Å². The summed E-state index contributed by atoms with van der Waals surface area (Å²) in [5.41, 5.74) is 5.57. The van der Waals surface area contributed by atoms with Crippen molar-refractivity contribution in [1.82, 2.24) is 33.8 Å². The number of sulfonamides is 1. The van der Waals surface area contributed by atoms with Gasteiger partial charge in [0, 0.05) is 68.2 Å². The molecule has 0 unspecified atom stereocenters. The summed E-state index contributed by atoms with van der Waals surface area (Å²) in [6.45, 7) is 4.19. The first kappa shape index (κ1) is 19.8. The van der Waals surface area contributed by atoms with Gasteiger partial charge in [0.15, 0.2) is 5.65 Å². The number of pyridine rings is 2. The molecule has 0 bridgehead atoms. The summed E-state index contributed by atoms with van der Waals surface area (Å²) in [5, 5.41) is 9.38. The second-order valence-corrected chi connectivity index (χ2v) is 9.85. The number of nitrogens with zero attached hydrogens (tertiary/aromatic N) is 7. The molecule has 4 aromatic heterocycles. The average molecular weight is 438 g/mol. The van der Waals surface area contributed by atoms with Gasteiger partial charge in [-0.1, -0.05) is 0 Å². The van der Waals surface area contributed by atoms with E-state index in [1.165, 1.54) is 4.31 Å². The summed E-state index contributed by atoms with van der Waals surface area (Å²) < 4.78 is 31.7. The quantitative estimate of drug-likeness (QED) is 0.487. The molecule has 0 amide bonds. The fraction of sp³-hybridized carbons (Fsp3) is 0.333. The van der Waals surface area contributed by atoms with E-state index in [9.17, 15) is 8.42 Å². The molecule has 0 spiro atoms. The Morgan fingerprint density at radius 1 is 1.06 bits per heavy atom. The van der Waals surface area contributed by atoms with Crippen molar-refractivity contribution >= 4 is 21.1 Å². The van der Waals surface area contributed by atoms with Crippen LogP contribution in [-0.4, -0.2) is 48.8 Å². The molecule has 1 aliphatic rings. The van der Waals surface area contributed by atoms with Crippen LogP contribution in [0.15, 0.2) is 35.6 Å². The van der Waals surface area contributed by atoms with Gasteiger partial charge < -0.3 is 0 Å². The smallest absolute Gasteiger partial charge is 0.247 e. The summed E-state index contributed by atoms with van der Waals surface area (Å²) >= 11 is 0. The molecule has 0 aliphatic carbocycles. The molecule has 0 saturated heterocycles. The zero-order chi connectivity index (χ0) is 21.9. The average Bonchev–Trinajstić information content (AvgIpc) is 3.28. The van der Waals surface area contributed by atoms with Gasteiger partial charge in [-0.3, -0.25) is 9.36 Å². The first-order valence-corrected chi connectivity index (χ1v) is 11.5. The second-order valence-electron chi connectivity index (χ2n) is 7.98. The lowest BCUT2D eigenvalue weighted by Crippen LogP contribution is -2.36. The van der Waals surface area contributed by atoms with Crippen LogP contribution in [0, 0.1) is 13.8 Å². The van der Waals surface area contributed by atoms with Crippen LogP contribution in [0.25, 0.3) is 22.2 Å². The molecule has 0 fully saturated rings. The monoisotopic (exact) mass is 437 g/mol. The third kappa shape index (κ3) is 3.22. The highest BCUT2D eigenvalue weighted by molar-refractivity contribution is 7.89. The SMILES string of the molecule is Cc1nn(C)c(C)c1S(=O)(=O)N1CCc2nc3ncc(-c4cnn(C)c4)cc3cc2C1. The third-order valence-corrected chi connectivity index (χ3v) is 7.96. The number of aryl methyl sites for hydroxylation is 3. The highest BCUT2D eigenvalue weighted by atomic mass is 32.2. The highest BCUT2D eigenvalue weighted by Gasteiger charge is 2.33. The Morgan fingerprint density at radius 3 is 2.55 bits per heavy atom. The molecule has 1 aliphatic heterocycles. The number of fused-ring (bicyclic) bond motifs is 2. The first-order valence-electron chi connectivity index (χ1n) is 10.0. The summed E-state index contributed by atoms with van der Waals surface area (Å²) in [5.74, 6) is 0. The maximum absolute atomic E-state index is 13.4. The lowest BCUT2D eigenvalue weighted by Gasteiger charge is -2.27. The van der Waals surface area contributed by atoms with Gasteiger partial charge in [-0.15, -0.1) is 0 Å². The Morgan fingerprint density at radius 2 is 1.87 bits per heavy atom. The van der Waals surface area contributed by atoms with Crippen LogP contribution in [0.1, 0.15) is 22.6 Å². The van der Waals surface area contributed by atoms with Crippen molar-refractivity contribution in [1.29, 1.82) is 0 Å². The molecule has 10 heteroatoms. The van der Waals surface area contributed by atoms with Crippen molar-refractivity contribution in [3.05, 3.63) is 53.4 Å². The van der Waals surface area contributed by atoms with Crippen LogP contribution < -0.4 is 0 Å². The van der Waals surface area contributed by atoms with Crippen molar-refractivity contribution < 1.29 is 8.42 Å². The van der Waals surface area contributed by atoms with Crippen LogP contribution in [0.2, 0.25) is 0 Å². The molecule has 0 saturated carbocycles. The predicted octanol–water partition coefficient (Wildman–Crippen LogP) is 2.13. The topological polar surface area (TPSA) is 98.8 Å². The van der Waals surface area contributed by atoms with E-state index < -0.39 is 10.0 Å². The number of rotatable bonds is 3. The number of aromatic nitrogens is 6. The fourth-order valence-electron chi connectivity index (χ4n) is 4.19. The minimum atomic E-state index is -3.65. The van der Waals surface area contributed by atoms with Crippen molar-refractivity contribution in [3.63, 3.8) is 0 Å². The molecule has 5 rings (SSSR count). The number of hydrogen-bond acceptors (Lipinski definition) is 6. The van der Waals surface area contributed by atoms with Crippen molar-refractivity contribution in [3.8, 4) is 11.1 Å². The Balaban J connectivity index is 1.53. The molecule has 5 heterocycles. The van der Waals surface area contributed by atoms with E-state index >= 15 is 0 Å². The molecule has 31 heavy (non-hydrogen) atoms. The molecule has 0 N–H and O–H groups in total. The maximum Gasteiger partial charge on any atom is 0.247 e. The Labute approximate surface area is 180 Å². The third-order valence-electron chi connectivity index (χ3n) is 5.86. The minimum Gasteiger partial charge on any atom is -0.275 e. The van der Waals surface area contributed by atoms with Gasteiger partial charge in [-0.25, -0.2) is 18.4 Å². The van der Waals surface area contributed by atoms with E-state index in [4.69, 9.17) is 4.98 Å². The van der Waals surface area contributed by atoms with Gasteiger partial charge >= 0.3 is 0 Å². The van der Waals surface area contributed by atoms with E-state index in [2.05, 4.69) is 15.2 Å². The van der Waals surface area contributed by atoms with E-state index in [1.54, 1.807) is 42.7 Å². The Bertz CT molecular complexity index is 1440. The Kier molecular flexibility index (Phi) is 4.45. The van der Waals surface area contributed by atoms with Gasteiger partial charge in [0.1, 0.15) is 4.90 Å². The normalized spacial score (nSPS) is 14.8. The lowest BCUT2D eigenvalue weighted by molar-refractivity contribution is 0.388. The van der Waals surface area contributed by atoms with E-state index in [1.807, 2.05) is 25.4 Å². The van der Waals surface area contributed by atoms with Gasteiger partial charge in [-0.2, -0.15) is 14.5 Å². The molecule has 0 aromatic carbocycles. The van der Waals surface area contributed by atoms with Crippen molar-refractivity contribution in [2.24, 2.45) is 14.1 Å². The molecular weight excluding hydrogens is 414 g/mol. The minimum absolute atomic E-state index is 0.283. The maximum atomic E-state index is 13.4. The zero-order valence-electron chi connectivity index (χ0n) is 17.9. The molecule has 0 radical (unpaired) electrons. The van der Waals surface area contributed by atoms with Crippen LogP contribution in [0.5, 0.6) is 0 Å². The van der Waals surface area contributed by atoms with Gasteiger partial charge in [0.2, 0.25) is 10.0 Å². The molecular formula is C21H23N7O2S. The van der Waals surface area contributed by atoms with Crippen LogP contribution in [0.3, 0.4) is 0 Å².